The summed E-state index contributed by atoms with van der Waals surface area (Å²) in [5, 5.41) is 4.63. The van der Waals surface area contributed by atoms with Crippen LogP contribution in [0.25, 0.3) is 22.3 Å². The van der Waals surface area contributed by atoms with E-state index in [1.807, 2.05) is 32.9 Å². The fourth-order valence-electron chi connectivity index (χ4n) is 2.70. The third-order valence-corrected chi connectivity index (χ3v) is 4.72. The van der Waals surface area contributed by atoms with Gasteiger partial charge >= 0.3 is 0 Å². The molecule has 0 aliphatic heterocycles. The molecule has 0 atom stereocenters. The maximum atomic E-state index is 12.1. The summed E-state index contributed by atoms with van der Waals surface area (Å²) in [7, 11) is -2.10. The fraction of sp³-hybridized carbons (Fsp3) is 0.353. The molecule has 0 aliphatic rings. The fourth-order valence-corrected chi connectivity index (χ4v) is 3.21. The van der Waals surface area contributed by atoms with Gasteiger partial charge in [0.05, 0.1) is 23.7 Å². The maximum Gasteiger partial charge on any atom is 0.249 e. The number of benzene rings is 1. The molecule has 9 heteroatoms. The van der Waals surface area contributed by atoms with E-state index in [2.05, 4.69) is 15.1 Å². The van der Waals surface area contributed by atoms with Crippen LogP contribution in [0.5, 0.6) is 5.75 Å². The number of nitrogens with two attached hydrogens (primary N) is 1. The average molecular weight is 375 g/mol. The lowest BCUT2D eigenvalue weighted by Crippen LogP contribution is -2.24. The lowest BCUT2D eigenvalue weighted by molar-refractivity contribution is 0.364. The number of hydrogen-bond acceptors (Lipinski definition) is 7. The molecule has 0 amide bonds. The second-order valence-corrected chi connectivity index (χ2v) is 8.90. The van der Waals surface area contributed by atoms with Crippen molar-refractivity contribution in [1.82, 2.24) is 19.7 Å². The van der Waals surface area contributed by atoms with Crippen LogP contribution >= 0.6 is 0 Å². The van der Waals surface area contributed by atoms with Gasteiger partial charge in [0.25, 0.3) is 0 Å². The first-order valence-electron chi connectivity index (χ1n) is 7.94. The highest BCUT2D eigenvalue weighted by atomic mass is 32.2. The summed E-state index contributed by atoms with van der Waals surface area (Å²) in [6.45, 7) is 5.84. The number of anilines is 1. The van der Waals surface area contributed by atoms with E-state index in [9.17, 15) is 8.42 Å². The Morgan fingerprint density at radius 1 is 1.15 bits per heavy atom. The largest absolute Gasteiger partial charge is 0.496 e. The molecule has 0 radical (unpaired) electrons. The van der Waals surface area contributed by atoms with E-state index in [1.165, 1.54) is 7.11 Å². The van der Waals surface area contributed by atoms with E-state index in [4.69, 9.17) is 10.5 Å². The summed E-state index contributed by atoms with van der Waals surface area (Å²) in [5.74, 6) is 0.920. The van der Waals surface area contributed by atoms with Crippen LogP contribution < -0.4 is 10.5 Å². The summed E-state index contributed by atoms with van der Waals surface area (Å²) >= 11 is 0. The zero-order valence-corrected chi connectivity index (χ0v) is 16.1. The Labute approximate surface area is 151 Å². The molecular formula is C17H21N5O3S. The SMILES string of the molecule is COc1ccccc1-c1nc(S(C)(=O)=O)nc2nn(C(C)(C)C)c(N)c12. The van der Waals surface area contributed by atoms with E-state index in [0.29, 0.717) is 28.2 Å². The van der Waals surface area contributed by atoms with E-state index in [-0.39, 0.29) is 10.8 Å². The van der Waals surface area contributed by atoms with Crippen molar-refractivity contribution in [3.63, 3.8) is 0 Å². The molecule has 138 valence electrons. The molecule has 0 saturated carbocycles. The third kappa shape index (κ3) is 2.98. The van der Waals surface area contributed by atoms with Crippen LogP contribution in [-0.4, -0.2) is 41.5 Å². The molecule has 0 fully saturated rings. The van der Waals surface area contributed by atoms with E-state index < -0.39 is 15.4 Å². The van der Waals surface area contributed by atoms with E-state index in [1.54, 1.807) is 16.8 Å². The summed E-state index contributed by atoms with van der Waals surface area (Å²) < 4.78 is 31.2. The summed E-state index contributed by atoms with van der Waals surface area (Å²) in [4.78, 5) is 8.43. The lowest BCUT2D eigenvalue weighted by atomic mass is 10.1. The van der Waals surface area contributed by atoms with E-state index in [0.717, 1.165) is 6.26 Å². The topological polar surface area (TPSA) is 113 Å². The molecule has 2 aromatic heterocycles. The van der Waals surface area contributed by atoms with Crippen LogP contribution in [0.15, 0.2) is 29.4 Å². The van der Waals surface area contributed by atoms with Gasteiger partial charge in [0.2, 0.25) is 15.0 Å². The molecule has 2 heterocycles. The van der Waals surface area contributed by atoms with Crippen LogP contribution in [0.4, 0.5) is 5.82 Å². The van der Waals surface area contributed by atoms with Crippen molar-refractivity contribution >= 4 is 26.7 Å². The zero-order valence-electron chi connectivity index (χ0n) is 15.3. The number of ether oxygens (including phenoxy) is 1. The van der Waals surface area contributed by atoms with Gasteiger partial charge in [-0.3, -0.25) is 0 Å². The standard InChI is InChI=1S/C17H21N5O3S/c1-17(2,3)22-14(18)12-13(10-8-6-7-9-11(10)25-4)19-16(26(5,23)24)20-15(12)21-22/h6-9H,18H2,1-5H3. The van der Waals surface area contributed by atoms with Gasteiger partial charge < -0.3 is 10.5 Å². The number of sulfone groups is 1. The van der Waals surface area contributed by atoms with Crippen molar-refractivity contribution in [2.75, 3.05) is 19.1 Å². The van der Waals surface area contributed by atoms with Gasteiger partial charge in [0.15, 0.2) is 5.65 Å². The molecule has 3 rings (SSSR count). The molecule has 0 unspecified atom stereocenters. The van der Waals surface area contributed by atoms with Crippen molar-refractivity contribution in [2.45, 2.75) is 31.5 Å². The second kappa shape index (κ2) is 5.94. The van der Waals surface area contributed by atoms with Crippen molar-refractivity contribution in [3.05, 3.63) is 24.3 Å². The highest BCUT2D eigenvalue weighted by Crippen LogP contribution is 2.37. The third-order valence-electron chi connectivity index (χ3n) is 3.88. The van der Waals surface area contributed by atoms with E-state index >= 15 is 0 Å². The number of rotatable bonds is 3. The number of nitrogen functional groups attached to an aromatic ring is 1. The molecule has 0 bridgehead atoms. The molecule has 26 heavy (non-hydrogen) atoms. The normalized spacial score (nSPS) is 12.5. The predicted molar refractivity (Wildman–Crippen MR) is 99.8 cm³/mol. The Bertz CT molecular complexity index is 1100. The van der Waals surface area contributed by atoms with Crippen LogP contribution in [0.3, 0.4) is 0 Å². The quantitative estimate of drug-likeness (QED) is 0.698. The second-order valence-electron chi connectivity index (χ2n) is 6.99. The van der Waals surface area contributed by atoms with Gasteiger partial charge in [-0.2, -0.15) is 4.98 Å². The molecule has 0 saturated heterocycles. The average Bonchev–Trinajstić information content (AvgIpc) is 2.90. The number of aromatic nitrogens is 4. The minimum absolute atomic E-state index is 0.230. The Kier molecular flexibility index (Phi) is 4.14. The predicted octanol–water partition coefficient (Wildman–Crippen LogP) is 2.24. The van der Waals surface area contributed by atoms with Crippen LogP contribution in [-0.2, 0) is 15.4 Å². The number of methoxy groups -OCH3 is 1. The first-order valence-corrected chi connectivity index (χ1v) is 9.83. The number of nitrogens with zero attached hydrogens (tertiary/aromatic N) is 4. The first kappa shape index (κ1) is 18.1. The van der Waals surface area contributed by atoms with Crippen LogP contribution in [0, 0.1) is 0 Å². The molecular weight excluding hydrogens is 354 g/mol. The highest BCUT2D eigenvalue weighted by Gasteiger charge is 2.26. The molecule has 1 aromatic carbocycles. The summed E-state index contributed by atoms with van der Waals surface area (Å²) in [5.41, 5.74) is 7.16. The number of fused-ring (bicyclic) bond motifs is 1. The summed E-state index contributed by atoms with van der Waals surface area (Å²) in [6, 6.07) is 7.20. The van der Waals surface area contributed by atoms with Crippen molar-refractivity contribution in [2.24, 2.45) is 0 Å². The number of hydrogen-bond donors (Lipinski definition) is 1. The molecule has 0 aliphatic carbocycles. The Hall–Kier alpha value is -2.68. The minimum Gasteiger partial charge on any atom is -0.496 e. The van der Waals surface area contributed by atoms with Gasteiger partial charge in [0, 0.05) is 11.8 Å². The van der Waals surface area contributed by atoms with Crippen molar-refractivity contribution in [3.8, 4) is 17.0 Å². The first-order chi connectivity index (χ1) is 12.0. The minimum atomic E-state index is -3.64. The zero-order chi connectivity index (χ0) is 19.3. The summed E-state index contributed by atoms with van der Waals surface area (Å²) in [6.07, 6.45) is 1.06. The lowest BCUT2D eigenvalue weighted by Gasteiger charge is -2.20. The molecule has 8 nitrogen and oxygen atoms in total. The Morgan fingerprint density at radius 3 is 2.38 bits per heavy atom. The van der Waals surface area contributed by atoms with Gasteiger partial charge in [-0.25, -0.2) is 18.1 Å². The number of para-hydroxylation sites is 1. The van der Waals surface area contributed by atoms with Crippen molar-refractivity contribution < 1.29 is 13.2 Å². The molecule has 0 spiro atoms. The molecule has 3 aromatic rings. The molecule has 2 N–H and O–H groups in total. The smallest absolute Gasteiger partial charge is 0.249 e. The van der Waals surface area contributed by atoms with Gasteiger partial charge in [-0.05, 0) is 32.9 Å². The van der Waals surface area contributed by atoms with Gasteiger partial charge in [-0.15, -0.1) is 5.10 Å². The van der Waals surface area contributed by atoms with Gasteiger partial charge in [-0.1, -0.05) is 12.1 Å². The van der Waals surface area contributed by atoms with Crippen LogP contribution in [0.1, 0.15) is 20.8 Å². The van der Waals surface area contributed by atoms with Crippen LogP contribution in [0.2, 0.25) is 0 Å². The maximum absolute atomic E-state index is 12.1. The highest BCUT2D eigenvalue weighted by molar-refractivity contribution is 7.90. The van der Waals surface area contributed by atoms with Gasteiger partial charge in [0.1, 0.15) is 11.6 Å². The monoisotopic (exact) mass is 375 g/mol. The van der Waals surface area contributed by atoms with Crippen molar-refractivity contribution in [1.29, 1.82) is 0 Å². The Balaban J connectivity index is 2.48. The Morgan fingerprint density at radius 2 is 1.81 bits per heavy atom.